The van der Waals surface area contributed by atoms with Crippen LogP contribution in [0.15, 0.2) is 36.4 Å². The van der Waals surface area contributed by atoms with Crippen molar-refractivity contribution in [1.82, 2.24) is 0 Å². The summed E-state index contributed by atoms with van der Waals surface area (Å²) in [7, 11) is 0. The van der Waals surface area contributed by atoms with Gasteiger partial charge in [-0.25, -0.2) is 9.18 Å². The van der Waals surface area contributed by atoms with Crippen LogP contribution in [0.4, 0.5) is 4.39 Å². The lowest BCUT2D eigenvalue weighted by molar-refractivity contribution is 0.0703. The number of halogens is 1. The molecule has 24 heavy (non-hydrogen) atoms. The summed E-state index contributed by atoms with van der Waals surface area (Å²) in [6.07, 6.45) is 2.09. The van der Waals surface area contributed by atoms with Crippen LogP contribution in [0, 0.1) is 5.82 Å². The Morgan fingerprint density at radius 1 is 1.29 bits per heavy atom. The number of hydrogen-bond donors (Lipinski definition) is 1. The van der Waals surface area contributed by atoms with Crippen LogP contribution in [0.1, 0.15) is 28.6 Å². The second-order valence-corrected chi connectivity index (χ2v) is 7.09. The van der Waals surface area contributed by atoms with E-state index in [1.165, 1.54) is 12.1 Å². The maximum absolute atomic E-state index is 13.5. The highest BCUT2D eigenvalue weighted by Crippen LogP contribution is 2.41. The van der Waals surface area contributed by atoms with Crippen molar-refractivity contribution < 1.29 is 19.0 Å². The molecule has 1 aliphatic rings. The minimum absolute atomic E-state index is 0.153. The van der Waals surface area contributed by atoms with Crippen LogP contribution < -0.4 is 4.74 Å². The number of aromatic carboxylic acids is 1. The maximum atomic E-state index is 13.5. The van der Waals surface area contributed by atoms with Crippen molar-refractivity contribution in [2.24, 2.45) is 0 Å². The molecule has 0 aliphatic carbocycles. The summed E-state index contributed by atoms with van der Waals surface area (Å²) in [6.45, 7) is 2.03. The van der Waals surface area contributed by atoms with Gasteiger partial charge < -0.3 is 9.84 Å². The van der Waals surface area contributed by atoms with Gasteiger partial charge in [0, 0.05) is 15.6 Å². The van der Waals surface area contributed by atoms with Crippen molar-refractivity contribution in [3.05, 3.63) is 52.7 Å². The lowest BCUT2D eigenvalue weighted by atomic mass is 9.96. The smallest absolute Gasteiger partial charge is 0.346 e. The first-order chi connectivity index (χ1) is 11.5. The van der Waals surface area contributed by atoms with Gasteiger partial charge in [-0.1, -0.05) is 12.1 Å². The molecule has 0 amide bonds. The molecule has 2 aromatic carbocycles. The molecule has 0 saturated carbocycles. The highest BCUT2D eigenvalue weighted by atomic mass is 32.1. The third kappa shape index (κ3) is 2.45. The van der Waals surface area contributed by atoms with Crippen molar-refractivity contribution in [2.75, 3.05) is 0 Å². The van der Waals surface area contributed by atoms with E-state index in [0.717, 1.165) is 46.4 Å². The van der Waals surface area contributed by atoms with Crippen molar-refractivity contribution in [1.29, 1.82) is 0 Å². The first-order valence-corrected chi connectivity index (χ1v) is 8.60. The molecule has 122 valence electrons. The third-order valence-electron chi connectivity index (χ3n) is 4.35. The Morgan fingerprint density at radius 3 is 2.92 bits per heavy atom. The SMILES string of the molecule is C[C@@H]1CCc2ccc(-c3c(C(=O)O)sc4cc(F)ccc34)cc2O1. The van der Waals surface area contributed by atoms with E-state index in [1.807, 2.05) is 25.1 Å². The van der Waals surface area contributed by atoms with Crippen LogP contribution in [-0.2, 0) is 6.42 Å². The monoisotopic (exact) mass is 342 g/mol. The number of benzene rings is 2. The minimum Gasteiger partial charge on any atom is -0.490 e. The minimum atomic E-state index is -1.00. The molecule has 3 aromatic rings. The number of carbonyl (C=O) groups is 1. The maximum Gasteiger partial charge on any atom is 0.346 e. The van der Waals surface area contributed by atoms with Crippen LogP contribution >= 0.6 is 11.3 Å². The molecule has 0 spiro atoms. The van der Waals surface area contributed by atoms with Crippen molar-refractivity contribution >= 4 is 27.4 Å². The van der Waals surface area contributed by atoms with Crippen LogP contribution in [0.5, 0.6) is 5.75 Å². The van der Waals surface area contributed by atoms with E-state index < -0.39 is 5.97 Å². The summed E-state index contributed by atoms with van der Waals surface area (Å²) < 4.78 is 20.0. The van der Waals surface area contributed by atoms with E-state index in [4.69, 9.17) is 4.74 Å². The van der Waals surface area contributed by atoms with Gasteiger partial charge in [-0.15, -0.1) is 11.3 Å². The van der Waals surface area contributed by atoms with Crippen LogP contribution in [0.3, 0.4) is 0 Å². The number of aryl methyl sites for hydroxylation is 1. The van der Waals surface area contributed by atoms with E-state index >= 15 is 0 Å². The highest BCUT2D eigenvalue weighted by Gasteiger charge is 2.22. The number of carboxylic acids is 1. The molecule has 4 rings (SSSR count). The highest BCUT2D eigenvalue weighted by molar-refractivity contribution is 7.21. The molecule has 1 atom stereocenters. The molecule has 3 nitrogen and oxygen atoms in total. The average molecular weight is 342 g/mol. The molecule has 0 fully saturated rings. The normalized spacial score (nSPS) is 16.7. The predicted octanol–water partition coefficient (Wildman–Crippen LogP) is 5.12. The Kier molecular flexibility index (Phi) is 3.53. The topological polar surface area (TPSA) is 46.5 Å². The molecule has 1 aromatic heterocycles. The second kappa shape index (κ2) is 5.60. The lowest BCUT2D eigenvalue weighted by Crippen LogP contribution is -2.18. The molecule has 0 radical (unpaired) electrons. The van der Waals surface area contributed by atoms with Gasteiger partial charge in [0.05, 0.1) is 6.10 Å². The van der Waals surface area contributed by atoms with Gasteiger partial charge >= 0.3 is 5.97 Å². The predicted molar refractivity (Wildman–Crippen MR) is 92.6 cm³/mol. The number of fused-ring (bicyclic) bond motifs is 2. The largest absolute Gasteiger partial charge is 0.490 e. The van der Waals surface area contributed by atoms with Crippen molar-refractivity contribution in [3.8, 4) is 16.9 Å². The fraction of sp³-hybridized carbons (Fsp3) is 0.211. The zero-order chi connectivity index (χ0) is 16.8. The van der Waals surface area contributed by atoms with E-state index in [9.17, 15) is 14.3 Å². The van der Waals surface area contributed by atoms with E-state index in [2.05, 4.69) is 0 Å². The number of hydrogen-bond acceptors (Lipinski definition) is 3. The summed E-state index contributed by atoms with van der Waals surface area (Å²) in [5.74, 6) is -0.558. The molecule has 0 saturated heterocycles. The Labute approximate surface area is 142 Å². The first kappa shape index (κ1) is 15.1. The summed E-state index contributed by atoms with van der Waals surface area (Å²) in [4.78, 5) is 11.9. The number of rotatable bonds is 2. The summed E-state index contributed by atoms with van der Waals surface area (Å²) in [5.41, 5.74) is 2.56. The Morgan fingerprint density at radius 2 is 2.12 bits per heavy atom. The number of carboxylic acid groups (broad SMARTS) is 1. The molecule has 0 bridgehead atoms. The van der Waals surface area contributed by atoms with Gasteiger partial charge in [-0.3, -0.25) is 0 Å². The summed E-state index contributed by atoms with van der Waals surface area (Å²) in [5, 5.41) is 10.3. The van der Waals surface area contributed by atoms with Crippen LogP contribution in [-0.4, -0.2) is 17.2 Å². The molecule has 1 N–H and O–H groups in total. The molecular formula is C19H15FO3S. The lowest BCUT2D eigenvalue weighted by Gasteiger charge is -2.23. The molecular weight excluding hydrogens is 327 g/mol. The standard InChI is InChI=1S/C19H15FO3S/c1-10-2-3-11-4-5-12(8-15(11)23-10)17-14-7-6-13(20)9-16(14)24-18(17)19(21)22/h4-10H,2-3H2,1H3,(H,21,22)/t10-/m1/s1. The third-order valence-corrected chi connectivity index (χ3v) is 5.49. The van der Waals surface area contributed by atoms with Crippen LogP contribution in [0.2, 0.25) is 0 Å². The number of ether oxygens (including phenoxy) is 1. The molecule has 5 heteroatoms. The average Bonchev–Trinajstić information content (AvgIpc) is 2.92. The van der Waals surface area contributed by atoms with Crippen LogP contribution in [0.25, 0.3) is 21.2 Å². The Hall–Kier alpha value is -2.40. The van der Waals surface area contributed by atoms with E-state index in [-0.39, 0.29) is 16.8 Å². The quantitative estimate of drug-likeness (QED) is 0.703. The molecule has 2 heterocycles. The van der Waals surface area contributed by atoms with Crippen molar-refractivity contribution in [2.45, 2.75) is 25.9 Å². The van der Waals surface area contributed by atoms with Gasteiger partial charge in [-0.05, 0) is 55.2 Å². The van der Waals surface area contributed by atoms with Crippen molar-refractivity contribution in [3.63, 3.8) is 0 Å². The van der Waals surface area contributed by atoms with Gasteiger partial charge in [0.25, 0.3) is 0 Å². The zero-order valence-corrected chi connectivity index (χ0v) is 13.8. The number of thiophene rings is 1. The van der Waals surface area contributed by atoms with E-state index in [0.29, 0.717) is 10.3 Å². The molecule has 0 unspecified atom stereocenters. The first-order valence-electron chi connectivity index (χ1n) is 7.78. The summed E-state index contributed by atoms with van der Waals surface area (Å²) >= 11 is 1.10. The van der Waals surface area contributed by atoms with Gasteiger partial charge in [-0.2, -0.15) is 0 Å². The van der Waals surface area contributed by atoms with Gasteiger partial charge in [0.1, 0.15) is 16.4 Å². The summed E-state index contributed by atoms with van der Waals surface area (Å²) in [6, 6.07) is 10.2. The fourth-order valence-electron chi connectivity index (χ4n) is 3.17. The van der Waals surface area contributed by atoms with E-state index in [1.54, 1.807) is 6.07 Å². The fourth-order valence-corrected chi connectivity index (χ4v) is 4.26. The van der Waals surface area contributed by atoms with Gasteiger partial charge in [0.15, 0.2) is 0 Å². The Balaban J connectivity index is 1.94. The van der Waals surface area contributed by atoms with Gasteiger partial charge in [0.2, 0.25) is 0 Å². The zero-order valence-electron chi connectivity index (χ0n) is 13.0. The second-order valence-electron chi connectivity index (χ2n) is 6.04. The molecule has 1 aliphatic heterocycles. The Bertz CT molecular complexity index is 961.